The molecule has 0 heterocycles. The molecule has 0 rings (SSSR count). The van der Waals surface area contributed by atoms with Gasteiger partial charge in [0.2, 0.25) is 0 Å². The summed E-state index contributed by atoms with van der Waals surface area (Å²) in [4.78, 5) is 0. The van der Waals surface area contributed by atoms with Crippen molar-refractivity contribution in [3.8, 4) is 0 Å². The van der Waals surface area contributed by atoms with Gasteiger partial charge in [0.1, 0.15) is 0 Å². The molecule has 0 spiro atoms. The van der Waals surface area contributed by atoms with Crippen molar-refractivity contribution in [3.05, 3.63) is 0 Å². The Hall–Kier alpha value is 0.960. The van der Waals surface area contributed by atoms with Gasteiger partial charge in [-0.3, -0.25) is 0 Å². The third-order valence-corrected chi connectivity index (χ3v) is 3.12. The van der Waals surface area contributed by atoms with Crippen molar-refractivity contribution < 1.29 is 4.74 Å². The fourth-order valence-electron chi connectivity index (χ4n) is 1.86. The van der Waals surface area contributed by atoms with E-state index in [1.807, 2.05) is 0 Å². The van der Waals surface area contributed by atoms with Gasteiger partial charge in [0.25, 0.3) is 0 Å². The van der Waals surface area contributed by atoms with E-state index in [1.54, 1.807) is 7.11 Å². The van der Waals surface area contributed by atoms with E-state index in [-0.39, 0.29) is 29.6 Å². The van der Waals surface area contributed by atoms with Gasteiger partial charge in [0.05, 0.1) is 6.10 Å². The van der Waals surface area contributed by atoms with Crippen molar-refractivity contribution in [1.82, 2.24) is 0 Å². The third-order valence-electron chi connectivity index (χ3n) is 3.12. The predicted molar refractivity (Wildman–Crippen MR) is 74.1 cm³/mol. The second kappa shape index (κ2) is 16.0. The number of rotatable bonds is 11. The van der Waals surface area contributed by atoms with Crippen molar-refractivity contribution >= 4 is 29.6 Å². The first-order valence-electron chi connectivity index (χ1n) is 6.84. The molecule has 0 saturated heterocycles. The number of ether oxygens (including phenoxy) is 1. The van der Waals surface area contributed by atoms with Gasteiger partial charge in [0, 0.05) is 36.7 Å². The average molecular weight is 237 g/mol. The van der Waals surface area contributed by atoms with Gasteiger partial charge in [-0.05, 0) is 13.3 Å². The van der Waals surface area contributed by atoms with Crippen LogP contribution in [0.25, 0.3) is 0 Å². The Balaban J connectivity index is 0. The summed E-state index contributed by atoms with van der Waals surface area (Å²) in [6.07, 6.45) is 14.4. The molecule has 0 fully saturated rings. The van der Waals surface area contributed by atoms with E-state index in [0.29, 0.717) is 6.10 Å². The molecule has 0 bridgehead atoms. The third kappa shape index (κ3) is 15.0. The second-order valence-electron chi connectivity index (χ2n) is 4.66. The first kappa shape index (κ1) is 19.3. The minimum Gasteiger partial charge on any atom is -0.382 e. The average Bonchev–Trinajstić information content (AvgIpc) is 2.26. The Morgan fingerprint density at radius 3 is 1.69 bits per heavy atom. The molecule has 1 radical (unpaired) electrons. The minimum atomic E-state index is 0. The van der Waals surface area contributed by atoms with Crippen molar-refractivity contribution in [1.29, 1.82) is 0 Å². The summed E-state index contributed by atoms with van der Waals surface area (Å²) in [5.41, 5.74) is 0. The van der Waals surface area contributed by atoms with Crippen molar-refractivity contribution in [2.75, 3.05) is 7.11 Å². The maximum Gasteiger partial charge on any atom is 0.0543 e. The summed E-state index contributed by atoms with van der Waals surface area (Å²) in [5, 5.41) is 0. The second-order valence-corrected chi connectivity index (χ2v) is 4.66. The van der Waals surface area contributed by atoms with Gasteiger partial charge in [-0.15, -0.1) is 0 Å². The van der Waals surface area contributed by atoms with Crippen LogP contribution in [-0.2, 0) is 4.74 Å². The zero-order valence-electron chi connectivity index (χ0n) is 12.1. The molecular weight excluding hydrogens is 207 g/mol. The fraction of sp³-hybridized carbons (Fsp3) is 1.00. The van der Waals surface area contributed by atoms with Gasteiger partial charge in [-0.25, -0.2) is 0 Å². The van der Waals surface area contributed by atoms with E-state index in [4.69, 9.17) is 4.74 Å². The van der Waals surface area contributed by atoms with Gasteiger partial charge in [0.15, 0.2) is 0 Å². The Labute approximate surface area is 125 Å². The van der Waals surface area contributed by atoms with Crippen LogP contribution in [-0.4, -0.2) is 42.8 Å². The smallest absolute Gasteiger partial charge is 0.0543 e. The zero-order valence-corrected chi connectivity index (χ0v) is 14.1. The van der Waals surface area contributed by atoms with Crippen LogP contribution in [0.3, 0.4) is 0 Å². The predicted octanol–water partition coefficient (Wildman–Crippen LogP) is 4.56. The molecule has 0 aliphatic heterocycles. The SMILES string of the molecule is CCCCCCCCCCCC(C)OC.[Na]. The Morgan fingerprint density at radius 2 is 1.25 bits per heavy atom. The van der Waals surface area contributed by atoms with Crippen LogP contribution in [0.1, 0.15) is 78.1 Å². The summed E-state index contributed by atoms with van der Waals surface area (Å²) in [5.74, 6) is 0. The number of unbranched alkanes of at least 4 members (excludes halogenated alkanes) is 8. The number of hydrogen-bond acceptors (Lipinski definition) is 1. The quantitative estimate of drug-likeness (QED) is 0.378. The van der Waals surface area contributed by atoms with Gasteiger partial charge in [-0.2, -0.15) is 0 Å². The van der Waals surface area contributed by atoms with Crippen LogP contribution < -0.4 is 0 Å². The van der Waals surface area contributed by atoms with E-state index < -0.39 is 0 Å². The molecule has 1 nitrogen and oxygen atoms in total. The minimum absolute atomic E-state index is 0. The molecule has 16 heavy (non-hydrogen) atoms. The standard InChI is InChI=1S/C14H30O.Na/c1-4-5-6-7-8-9-10-11-12-13-14(2)15-3;/h14H,4-13H2,1-3H3;. The largest absolute Gasteiger partial charge is 0.382 e. The van der Waals surface area contributed by atoms with E-state index in [9.17, 15) is 0 Å². The van der Waals surface area contributed by atoms with Gasteiger partial charge < -0.3 is 4.74 Å². The molecule has 0 aromatic carbocycles. The molecule has 0 aromatic rings. The fourth-order valence-corrected chi connectivity index (χ4v) is 1.86. The normalized spacial score (nSPS) is 12.2. The van der Waals surface area contributed by atoms with Crippen LogP contribution in [0.4, 0.5) is 0 Å². The monoisotopic (exact) mass is 237 g/mol. The molecule has 1 atom stereocenters. The van der Waals surface area contributed by atoms with Crippen LogP contribution in [0.5, 0.6) is 0 Å². The molecular formula is C14H30NaO. The van der Waals surface area contributed by atoms with Gasteiger partial charge >= 0.3 is 0 Å². The number of methoxy groups -OCH3 is 1. The molecule has 0 saturated carbocycles. The topological polar surface area (TPSA) is 9.23 Å². The molecule has 0 N–H and O–H groups in total. The first-order chi connectivity index (χ1) is 7.31. The van der Waals surface area contributed by atoms with Gasteiger partial charge in [-0.1, -0.05) is 64.7 Å². The summed E-state index contributed by atoms with van der Waals surface area (Å²) >= 11 is 0. The van der Waals surface area contributed by atoms with Crippen LogP contribution in [0.2, 0.25) is 0 Å². The summed E-state index contributed by atoms with van der Waals surface area (Å²) in [6, 6.07) is 0. The van der Waals surface area contributed by atoms with Crippen LogP contribution in [0, 0.1) is 0 Å². The Morgan fingerprint density at radius 1 is 0.812 bits per heavy atom. The van der Waals surface area contributed by atoms with Crippen molar-refractivity contribution in [2.45, 2.75) is 84.2 Å². The zero-order chi connectivity index (χ0) is 11.4. The molecule has 2 heteroatoms. The molecule has 1 unspecified atom stereocenters. The molecule has 0 amide bonds. The first-order valence-corrected chi connectivity index (χ1v) is 6.84. The summed E-state index contributed by atoms with van der Waals surface area (Å²) in [6.45, 7) is 4.43. The maximum absolute atomic E-state index is 5.22. The van der Waals surface area contributed by atoms with E-state index >= 15 is 0 Å². The van der Waals surface area contributed by atoms with Crippen molar-refractivity contribution in [3.63, 3.8) is 0 Å². The summed E-state index contributed by atoms with van der Waals surface area (Å²) in [7, 11) is 1.80. The molecule has 0 aliphatic rings. The molecule has 0 aromatic heterocycles. The van der Waals surface area contributed by atoms with E-state index in [2.05, 4.69) is 13.8 Å². The molecule has 0 aliphatic carbocycles. The maximum atomic E-state index is 5.22. The number of hydrogen-bond donors (Lipinski definition) is 0. The Bertz CT molecular complexity index is 117. The summed E-state index contributed by atoms with van der Waals surface area (Å²) < 4.78 is 5.22. The molecule has 93 valence electrons. The van der Waals surface area contributed by atoms with Crippen LogP contribution in [0.15, 0.2) is 0 Å². The van der Waals surface area contributed by atoms with E-state index in [0.717, 1.165) is 0 Å². The van der Waals surface area contributed by atoms with Crippen molar-refractivity contribution in [2.24, 2.45) is 0 Å². The van der Waals surface area contributed by atoms with Crippen LogP contribution >= 0.6 is 0 Å². The Kier molecular flexibility index (Phi) is 19.3. The van der Waals surface area contributed by atoms with E-state index in [1.165, 1.54) is 64.2 Å².